The lowest BCUT2D eigenvalue weighted by molar-refractivity contribution is 0.102. The van der Waals surface area contributed by atoms with Gasteiger partial charge < -0.3 is 10.2 Å². The van der Waals surface area contributed by atoms with Crippen molar-refractivity contribution in [3.8, 4) is 9.88 Å². The third-order valence-electron chi connectivity index (χ3n) is 3.96. The van der Waals surface area contributed by atoms with Gasteiger partial charge in [0.2, 0.25) is 0 Å². The van der Waals surface area contributed by atoms with Crippen LogP contribution in [0.5, 0.6) is 0 Å². The fourth-order valence-electron chi connectivity index (χ4n) is 2.78. The van der Waals surface area contributed by atoms with Crippen molar-refractivity contribution < 1.29 is 4.79 Å². The summed E-state index contributed by atoms with van der Waals surface area (Å²) in [5.41, 5.74) is 1.13. The van der Waals surface area contributed by atoms with Gasteiger partial charge in [0.1, 0.15) is 10.7 Å². The van der Waals surface area contributed by atoms with Gasteiger partial charge in [-0.05, 0) is 37.1 Å². The van der Waals surface area contributed by atoms with Crippen molar-refractivity contribution in [2.45, 2.75) is 12.8 Å². The number of carbonyl (C=O) groups is 1. The van der Waals surface area contributed by atoms with Crippen molar-refractivity contribution in [1.29, 1.82) is 0 Å². The van der Waals surface area contributed by atoms with Crippen LogP contribution < -0.4 is 10.2 Å². The zero-order valence-electron chi connectivity index (χ0n) is 13.2. The second-order valence-electron chi connectivity index (χ2n) is 5.66. The van der Waals surface area contributed by atoms with Crippen molar-refractivity contribution >= 4 is 51.7 Å². The fourth-order valence-corrected chi connectivity index (χ4v) is 4.70. The molecule has 0 radical (unpaired) electrons. The van der Waals surface area contributed by atoms with Crippen molar-refractivity contribution in [3.05, 3.63) is 45.9 Å². The van der Waals surface area contributed by atoms with Crippen LogP contribution in [0.3, 0.4) is 0 Å². The molecule has 0 atom stereocenters. The molecule has 0 unspecified atom stereocenters. The number of halogens is 1. The highest BCUT2D eigenvalue weighted by molar-refractivity contribution is 7.23. The van der Waals surface area contributed by atoms with Crippen LogP contribution in [0.4, 0.5) is 11.5 Å². The Balaban J connectivity index is 1.54. The lowest BCUT2D eigenvalue weighted by Gasteiger charge is -2.19. The molecule has 25 heavy (non-hydrogen) atoms. The topological polar surface area (TPSA) is 58.1 Å². The molecule has 1 N–H and O–H groups in total. The minimum Gasteiger partial charge on any atom is -0.355 e. The Labute approximate surface area is 158 Å². The molecule has 1 saturated heterocycles. The van der Waals surface area contributed by atoms with Gasteiger partial charge in [0.05, 0.1) is 14.9 Å². The molecule has 1 fully saturated rings. The molecular weight excluding hydrogens is 376 g/mol. The average molecular weight is 391 g/mol. The molecule has 5 nitrogen and oxygen atoms in total. The highest BCUT2D eigenvalue weighted by Crippen LogP contribution is 2.33. The average Bonchev–Trinajstić information content (AvgIpc) is 3.36. The fraction of sp³-hybridized carbons (Fsp3) is 0.235. The minimum absolute atomic E-state index is 0.224. The van der Waals surface area contributed by atoms with Crippen molar-refractivity contribution in [2.75, 3.05) is 23.3 Å². The number of carbonyl (C=O) groups excluding carboxylic acids is 1. The third kappa shape index (κ3) is 3.53. The molecule has 0 aliphatic carbocycles. The van der Waals surface area contributed by atoms with E-state index in [-0.39, 0.29) is 5.91 Å². The Morgan fingerprint density at radius 1 is 1.24 bits per heavy atom. The number of hydrogen-bond acceptors (Lipinski definition) is 6. The third-order valence-corrected chi connectivity index (χ3v) is 6.20. The van der Waals surface area contributed by atoms with Crippen LogP contribution in [0.15, 0.2) is 35.8 Å². The Morgan fingerprint density at radius 2 is 2.08 bits per heavy atom. The highest BCUT2D eigenvalue weighted by Gasteiger charge is 2.19. The first-order valence-electron chi connectivity index (χ1n) is 7.93. The van der Waals surface area contributed by atoms with E-state index in [1.807, 2.05) is 24.3 Å². The van der Waals surface area contributed by atoms with Gasteiger partial charge in [-0.2, -0.15) is 0 Å². The monoisotopic (exact) mass is 390 g/mol. The van der Waals surface area contributed by atoms with E-state index in [2.05, 4.69) is 20.2 Å². The van der Waals surface area contributed by atoms with E-state index in [1.165, 1.54) is 22.7 Å². The first-order valence-corrected chi connectivity index (χ1v) is 10.0. The quantitative estimate of drug-likeness (QED) is 0.696. The summed E-state index contributed by atoms with van der Waals surface area (Å²) in [4.78, 5) is 24.6. The summed E-state index contributed by atoms with van der Waals surface area (Å²) in [5.74, 6) is 0.604. The predicted molar refractivity (Wildman–Crippen MR) is 104 cm³/mol. The molecule has 4 rings (SSSR count). The molecule has 128 valence electrons. The summed E-state index contributed by atoms with van der Waals surface area (Å²) < 4.78 is 0.710. The van der Waals surface area contributed by atoms with E-state index in [1.54, 1.807) is 11.6 Å². The summed E-state index contributed by atoms with van der Waals surface area (Å²) >= 11 is 8.86. The second kappa shape index (κ2) is 7.11. The van der Waals surface area contributed by atoms with Crippen LogP contribution >= 0.6 is 34.3 Å². The molecule has 0 spiro atoms. The van der Waals surface area contributed by atoms with Crippen molar-refractivity contribution in [3.63, 3.8) is 0 Å². The maximum absolute atomic E-state index is 12.6. The number of thiazole rings is 1. The lowest BCUT2D eigenvalue weighted by Crippen LogP contribution is -2.22. The van der Waals surface area contributed by atoms with Crippen molar-refractivity contribution in [1.82, 2.24) is 9.97 Å². The zero-order chi connectivity index (χ0) is 17.2. The van der Waals surface area contributed by atoms with Gasteiger partial charge in [-0.25, -0.2) is 9.97 Å². The van der Waals surface area contributed by atoms with Crippen LogP contribution in [0.25, 0.3) is 9.88 Å². The minimum atomic E-state index is -0.224. The summed E-state index contributed by atoms with van der Waals surface area (Å²) in [6, 6.07) is 7.46. The first-order chi connectivity index (χ1) is 12.2. The number of anilines is 2. The van der Waals surface area contributed by atoms with Crippen LogP contribution in [0, 0.1) is 0 Å². The van der Waals surface area contributed by atoms with Crippen LogP contribution in [-0.2, 0) is 0 Å². The Morgan fingerprint density at radius 3 is 2.84 bits per heavy atom. The van der Waals surface area contributed by atoms with Crippen LogP contribution in [0.1, 0.15) is 23.3 Å². The van der Waals surface area contributed by atoms with Crippen LogP contribution in [0.2, 0.25) is 4.34 Å². The summed E-state index contributed by atoms with van der Waals surface area (Å²) in [6.07, 6.45) is 4.07. The molecule has 1 aliphatic rings. The lowest BCUT2D eigenvalue weighted by atomic mass is 10.3. The number of hydrogen-bond donors (Lipinski definition) is 1. The maximum atomic E-state index is 12.6. The molecule has 4 heterocycles. The van der Waals surface area contributed by atoms with Gasteiger partial charge in [-0.15, -0.1) is 22.7 Å². The first kappa shape index (κ1) is 16.5. The van der Waals surface area contributed by atoms with E-state index in [0.29, 0.717) is 10.0 Å². The number of amides is 1. The summed E-state index contributed by atoms with van der Waals surface area (Å²) in [6.45, 7) is 1.94. The largest absolute Gasteiger partial charge is 0.355 e. The molecule has 1 aliphatic heterocycles. The SMILES string of the molecule is O=C(Nc1cccnc1N1CCCC1)c1csc(-c2ccc(Cl)s2)n1. The van der Waals surface area contributed by atoms with E-state index < -0.39 is 0 Å². The summed E-state index contributed by atoms with van der Waals surface area (Å²) in [7, 11) is 0. The molecule has 0 saturated carbocycles. The second-order valence-corrected chi connectivity index (χ2v) is 8.24. The van der Waals surface area contributed by atoms with E-state index in [9.17, 15) is 4.79 Å². The van der Waals surface area contributed by atoms with Gasteiger partial charge in [0.15, 0.2) is 5.82 Å². The maximum Gasteiger partial charge on any atom is 0.275 e. The number of pyridine rings is 1. The number of nitrogens with zero attached hydrogens (tertiary/aromatic N) is 3. The Hall–Kier alpha value is -1.96. The van der Waals surface area contributed by atoms with Gasteiger partial charge in [-0.3, -0.25) is 4.79 Å². The summed E-state index contributed by atoms with van der Waals surface area (Å²) in [5, 5.41) is 5.52. The molecule has 0 bridgehead atoms. The van der Waals surface area contributed by atoms with Crippen LogP contribution in [-0.4, -0.2) is 29.0 Å². The standard InChI is InChI=1S/C17H15ClN4OS2/c18-14-6-5-13(25-14)17-21-12(10-24-17)16(23)20-11-4-3-7-19-15(11)22-8-1-2-9-22/h3-7,10H,1-2,8-9H2,(H,20,23). The molecule has 1 amide bonds. The van der Waals surface area contributed by atoms with Gasteiger partial charge in [0, 0.05) is 24.7 Å². The smallest absolute Gasteiger partial charge is 0.275 e. The highest BCUT2D eigenvalue weighted by atomic mass is 35.5. The van der Waals surface area contributed by atoms with Crippen molar-refractivity contribution in [2.24, 2.45) is 0 Å². The molecule has 8 heteroatoms. The molecule has 3 aromatic heterocycles. The molecule has 0 aromatic carbocycles. The Bertz CT molecular complexity index is 901. The molecular formula is C17H15ClN4OS2. The van der Waals surface area contributed by atoms with E-state index in [0.717, 1.165) is 47.3 Å². The Kier molecular flexibility index (Phi) is 4.70. The zero-order valence-corrected chi connectivity index (χ0v) is 15.6. The normalized spacial score (nSPS) is 14.0. The number of aromatic nitrogens is 2. The number of nitrogens with one attached hydrogen (secondary N) is 1. The van der Waals surface area contributed by atoms with E-state index >= 15 is 0 Å². The van der Waals surface area contributed by atoms with Gasteiger partial charge >= 0.3 is 0 Å². The van der Waals surface area contributed by atoms with E-state index in [4.69, 9.17) is 11.6 Å². The number of thiophene rings is 1. The molecule has 3 aromatic rings. The number of rotatable bonds is 4. The van der Waals surface area contributed by atoms with Gasteiger partial charge in [0.25, 0.3) is 5.91 Å². The predicted octanol–water partition coefficient (Wildman–Crippen LogP) is 4.77. The van der Waals surface area contributed by atoms with Gasteiger partial charge in [-0.1, -0.05) is 11.6 Å².